The maximum Gasteiger partial charge on any atom is 0.417 e. The van der Waals surface area contributed by atoms with Gasteiger partial charge in [-0.25, -0.2) is 10.6 Å². The number of nitrogens with zero attached hydrogens (tertiary/aromatic N) is 3. The number of amides is 1. The number of aromatic nitrogens is 1. The number of alkyl halides is 3. The van der Waals surface area contributed by atoms with Crippen molar-refractivity contribution < 1.29 is 27.5 Å². The molecule has 1 saturated heterocycles. The number of rotatable bonds is 7. The molecular weight excluding hydrogens is 547 g/mol. The Kier molecular flexibility index (Phi) is 8.05. The molecule has 0 bridgehead atoms. The van der Waals surface area contributed by atoms with Crippen LogP contribution < -0.4 is 11.6 Å². The fourth-order valence-corrected chi connectivity index (χ4v) is 5.89. The summed E-state index contributed by atoms with van der Waals surface area (Å²) >= 11 is 0. The van der Waals surface area contributed by atoms with E-state index in [2.05, 4.69) is 0 Å². The van der Waals surface area contributed by atoms with Gasteiger partial charge in [0.05, 0.1) is 23.8 Å². The second kappa shape index (κ2) is 11.6. The van der Waals surface area contributed by atoms with Gasteiger partial charge in [-0.2, -0.15) is 13.2 Å². The molecular formula is C31H34F3N5O3. The molecule has 1 saturated carbocycles. The van der Waals surface area contributed by atoms with E-state index in [9.17, 15) is 22.8 Å². The zero-order valence-corrected chi connectivity index (χ0v) is 23.5. The highest BCUT2D eigenvalue weighted by Crippen LogP contribution is 2.52. The third-order valence-electron chi connectivity index (χ3n) is 7.91. The van der Waals surface area contributed by atoms with Crippen molar-refractivity contribution in [3.63, 3.8) is 0 Å². The maximum absolute atomic E-state index is 14.6. The van der Waals surface area contributed by atoms with Gasteiger partial charge < -0.3 is 24.9 Å². The first-order chi connectivity index (χ1) is 20.0. The number of allylic oxidation sites excluding steroid dienone is 1. The first-order valence-electron chi connectivity index (χ1n) is 13.9. The number of likely N-dealkylation sites (tertiary alicyclic amines) is 1. The van der Waals surface area contributed by atoms with Crippen LogP contribution in [0.4, 0.5) is 13.2 Å². The van der Waals surface area contributed by atoms with Crippen molar-refractivity contribution in [1.29, 1.82) is 0 Å². The molecule has 2 aliphatic rings. The molecule has 2 heterocycles. The molecule has 1 unspecified atom stereocenters. The fourth-order valence-electron chi connectivity index (χ4n) is 5.89. The predicted octanol–water partition coefficient (Wildman–Crippen LogP) is 5.28. The lowest BCUT2D eigenvalue weighted by Gasteiger charge is -2.28. The quantitative estimate of drug-likeness (QED) is 0.223. The number of benzene rings is 2. The topological polar surface area (TPSA) is 107 Å². The van der Waals surface area contributed by atoms with Crippen LogP contribution in [-0.4, -0.2) is 53.6 Å². The van der Waals surface area contributed by atoms with Crippen LogP contribution in [0, 0.1) is 5.92 Å². The summed E-state index contributed by atoms with van der Waals surface area (Å²) in [5, 5.41) is 1.36. The molecule has 1 aromatic heterocycles. The minimum absolute atomic E-state index is 0.0643. The van der Waals surface area contributed by atoms with Crippen LogP contribution in [0.5, 0.6) is 0 Å². The Morgan fingerprint density at radius 3 is 2.43 bits per heavy atom. The Labute approximate surface area is 242 Å². The fraction of sp³-hybridized carbons (Fsp3) is 0.355. The van der Waals surface area contributed by atoms with Crippen molar-refractivity contribution >= 4 is 11.9 Å². The Balaban J connectivity index is 1.58. The molecule has 11 heteroatoms. The van der Waals surface area contributed by atoms with Gasteiger partial charge in [0.15, 0.2) is 0 Å². The largest absolute Gasteiger partial charge is 0.465 e. The molecule has 8 nitrogen and oxygen atoms in total. The summed E-state index contributed by atoms with van der Waals surface area (Å²) < 4.78 is 50.6. The lowest BCUT2D eigenvalue weighted by molar-refractivity contribution is -0.137. The van der Waals surface area contributed by atoms with Crippen LogP contribution in [-0.2, 0) is 10.9 Å². The third-order valence-corrected chi connectivity index (χ3v) is 7.91. The number of halogens is 3. The molecule has 2 atom stereocenters. The summed E-state index contributed by atoms with van der Waals surface area (Å²) in [6.45, 7) is 0.885. The molecule has 1 aliphatic carbocycles. The monoisotopic (exact) mass is 581 g/mol. The standard InChI is InChI=1S/C31H34F3N5O3/c1-37(36)18-26(35)24-17-25(24)28-23(30(41)42-2)12-15-39(28)20-9-6-8-19(16-20)21-10-7-11-22(27(21)31(32,33)34)29(40)38-13-4-3-5-14-38/h6-12,15-16,18,24-25H,3-5,13-14,17,35-36H2,1-2H3/b26-18-/t24?,25-/m1/s1. The molecule has 0 radical (unpaired) electrons. The van der Waals surface area contributed by atoms with Crippen LogP contribution in [0.2, 0.25) is 0 Å². The maximum atomic E-state index is 14.6. The predicted molar refractivity (Wildman–Crippen MR) is 152 cm³/mol. The van der Waals surface area contributed by atoms with Crippen molar-refractivity contribution in [2.24, 2.45) is 17.5 Å². The van der Waals surface area contributed by atoms with Gasteiger partial charge in [0.2, 0.25) is 0 Å². The van der Waals surface area contributed by atoms with E-state index in [0.717, 1.165) is 19.3 Å². The van der Waals surface area contributed by atoms with E-state index in [4.69, 9.17) is 16.3 Å². The van der Waals surface area contributed by atoms with E-state index in [1.54, 1.807) is 54.3 Å². The van der Waals surface area contributed by atoms with Crippen molar-refractivity contribution in [3.05, 3.63) is 89.0 Å². The molecule has 1 amide bonds. The van der Waals surface area contributed by atoms with E-state index >= 15 is 0 Å². The Bertz CT molecular complexity index is 1520. The SMILES string of the molecule is COC(=O)c1ccn(-c2cccc(-c3cccc(C(=O)N4CCCCC4)c3C(F)(F)F)c2)c1[C@@H]1CC1/C(N)=C/N(C)N. The first kappa shape index (κ1) is 29.2. The number of carbonyl (C=O) groups is 2. The van der Waals surface area contributed by atoms with Crippen LogP contribution >= 0.6 is 0 Å². The summed E-state index contributed by atoms with van der Waals surface area (Å²) in [6, 6.07) is 12.4. The number of piperidine rings is 1. The highest BCUT2D eigenvalue weighted by molar-refractivity contribution is 5.98. The zero-order valence-electron chi connectivity index (χ0n) is 23.5. The molecule has 42 heavy (non-hydrogen) atoms. The van der Waals surface area contributed by atoms with Gasteiger partial charge in [0.1, 0.15) is 0 Å². The van der Waals surface area contributed by atoms with Gasteiger partial charge >= 0.3 is 12.1 Å². The average molecular weight is 582 g/mol. The lowest BCUT2D eigenvalue weighted by atomic mass is 9.93. The van der Waals surface area contributed by atoms with E-state index < -0.39 is 23.6 Å². The minimum atomic E-state index is -4.76. The summed E-state index contributed by atoms with van der Waals surface area (Å²) in [7, 11) is 2.95. The average Bonchev–Trinajstić information content (AvgIpc) is 3.65. The van der Waals surface area contributed by atoms with Crippen LogP contribution in [0.15, 0.2) is 66.6 Å². The van der Waals surface area contributed by atoms with Gasteiger partial charge in [-0.3, -0.25) is 4.79 Å². The van der Waals surface area contributed by atoms with Crippen molar-refractivity contribution in [1.82, 2.24) is 14.5 Å². The Morgan fingerprint density at radius 1 is 1.05 bits per heavy atom. The number of hydrogen-bond donors (Lipinski definition) is 2. The highest BCUT2D eigenvalue weighted by Gasteiger charge is 2.45. The van der Waals surface area contributed by atoms with Crippen molar-refractivity contribution in [2.45, 2.75) is 37.8 Å². The second-order valence-electron chi connectivity index (χ2n) is 10.8. The van der Waals surface area contributed by atoms with E-state index in [-0.39, 0.29) is 23.0 Å². The van der Waals surface area contributed by atoms with E-state index in [1.165, 1.54) is 35.2 Å². The minimum Gasteiger partial charge on any atom is -0.465 e. The summed E-state index contributed by atoms with van der Waals surface area (Å²) in [5.74, 6) is 4.41. The van der Waals surface area contributed by atoms with Crippen LogP contribution in [0.25, 0.3) is 16.8 Å². The number of hydrogen-bond acceptors (Lipinski definition) is 6. The molecule has 0 spiro atoms. The Hall–Kier alpha value is -4.25. The molecule has 2 fully saturated rings. The molecule has 1 aliphatic heterocycles. The Morgan fingerprint density at radius 2 is 1.76 bits per heavy atom. The smallest absolute Gasteiger partial charge is 0.417 e. The van der Waals surface area contributed by atoms with Crippen LogP contribution in [0.3, 0.4) is 0 Å². The molecule has 5 rings (SSSR count). The summed E-state index contributed by atoms with van der Waals surface area (Å²) in [4.78, 5) is 27.4. The lowest BCUT2D eigenvalue weighted by Crippen LogP contribution is -2.36. The molecule has 4 N–H and O–H groups in total. The van der Waals surface area contributed by atoms with E-state index in [1.807, 2.05) is 0 Å². The second-order valence-corrected chi connectivity index (χ2v) is 10.8. The number of methoxy groups -OCH3 is 1. The number of ether oxygens (including phenoxy) is 1. The van der Waals surface area contributed by atoms with Gasteiger partial charge in [0, 0.05) is 61.4 Å². The van der Waals surface area contributed by atoms with Gasteiger partial charge in [-0.05, 0) is 61.1 Å². The zero-order chi connectivity index (χ0) is 30.2. The van der Waals surface area contributed by atoms with Crippen molar-refractivity contribution in [2.75, 3.05) is 27.2 Å². The number of carbonyl (C=O) groups excluding carboxylic acids is 2. The normalized spacial score (nSPS) is 19.0. The molecule has 222 valence electrons. The summed E-state index contributed by atoms with van der Waals surface area (Å²) in [5.41, 5.74) is 7.29. The van der Waals surface area contributed by atoms with Gasteiger partial charge in [0.25, 0.3) is 5.91 Å². The molecule has 2 aromatic carbocycles. The summed E-state index contributed by atoms with van der Waals surface area (Å²) in [6.07, 6.45) is 1.73. The third kappa shape index (κ3) is 5.74. The van der Waals surface area contributed by atoms with Crippen molar-refractivity contribution in [3.8, 4) is 16.8 Å². The van der Waals surface area contributed by atoms with Gasteiger partial charge in [-0.15, -0.1) is 0 Å². The van der Waals surface area contributed by atoms with E-state index in [0.29, 0.717) is 47.7 Å². The number of esters is 1. The molecule has 3 aromatic rings. The first-order valence-corrected chi connectivity index (χ1v) is 13.9. The number of nitrogens with two attached hydrogens (primary N) is 2. The van der Waals surface area contributed by atoms with Crippen LogP contribution in [0.1, 0.15) is 63.6 Å². The number of hydrazine groups is 1. The van der Waals surface area contributed by atoms with Gasteiger partial charge in [-0.1, -0.05) is 24.3 Å². The highest BCUT2D eigenvalue weighted by atomic mass is 19.4.